The number of rotatable bonds is 1. The fourth-order valence-corrected chi connectivity index (χ4v) is 3.32. The first-order valence-electron chi connectivity index (χ1n) is 6.09. The fourth-order valence-electron chi connectivity index (χ4n) is 2.86. The van der Waals surface area contributed by atoms with Crippen LogP contribution in [0, 0.1) is 9.49 Å². The van der Waals surface area contributed by atoms with Crippen LogP contribution in [0.25, 0.3) is 0 Å². The van der Waals surface area contributed by atoms with Crippen molar-refractivity contribution < 1.29 is 4.79 Å². The molecule has 1 aromatic rings. The van der Waals surface area contributed by atoms with Crippen LogP contribution >= 0.6 is 22.6 Å². The van der Waals surface area contributed by atoms with Gasteiger partial charge in [0, 0.05) is 28.6 Å². The zero-order valence-electron chi connectivity index (χ0n) is 9.60. The topological polar surface area (TPSA) is 37.3 Å². The third-order valence-electron chi connectivity index (χ3n) is 3.86. The quantitative estimate of drug-likeness (QED) is 0.788. The summed E-state index contributed by atoms with van der Waals surface area (Å²) < 4.78 is 2.73. The van der Waals surface area contributed by atoms with Crippen LogP contribution in [0.5, 0.6) is 0 Å². The first-order chi connectivity index (χ1) is 8.22. The van der Waals surface area contributed by atoms with Crippen LogP contribution in [0.15, 0.2) is 18.5 Å². The summed E-state index contributed by atoms with van der Waals surface area (Å²) >= 11 is 2.21. The Balaban J connectivity index is 1.65. The fraction of sp³-hybridized carbons (Fsp3) is 0.583. The number of hydrogen-bond acceptors (Lipinski definition) is 2. The van der Waals surface area contributed by atoms with E-state index in [1.807, 2.05) is 18.5 Å². The van der Waals surface area contributed by atoms with E-state index < -0.39 is 0 Å². The van der Waals surface area contributed by atoms with E-state index in [9.17, 15) is 4.79 Å². The molecular formula is C12H16IN3O. The van der Waals surface area contributed by atoms with Crippen molar-refractivity contribution in [3.63, 3.8) is 0 Å². The third-order valence-corrected chi connectivity index (χ3v) is 4.49. The first-order valence-corrected chi connectivity index (χ1v) is 7.17. The number of hydrogen-bond donors (Lipinski definition) is 1. The van der Waals surface area contributed by atoms with Gasteiger partial charge < -0.3 is 10.2 Å². The smallest absolute Gasteiger partial charge is 0.325 e. The van der Waals surface area contributed by atoms with Gasteiger partial charge in [-0.25, -0.2) is 4.79 Å². The normalized spacial score (nSPS) is 31.5. The lowest BCUT2D eigenvalue weighted by Gasteiger charge is -2.44. The van der Waals surface area contributed by atoms with Crippen molar-refractivity contribution in [1.82, 2.24) is 14.8 Å². The minimum atomic E-state index is 0.00617. The van der Waals surface area contributed by atoms with Crippen molar-refractivity contribution in [2.75, 3.05) is 19.6 Å². The average Bonchev–Trinajstić information content (AvgIpc) is 2.77. The van der Waals surface area contributed by atoms with E-state index in [0.717, 1.165) is 10.1 Å². The highest BCUT2D eigenvalue weighted by atomic mass is 127. The molecule has 0 aliphatic carbocycles. The monoisotopic (exact) mass is 345 g/mol. The summed E-state index contributed by atoms with van der Waals surface area (Å²) in [6.45, 7) is 3.44. The van der Waals surface area contributed by atoms with E-state index in [1.165, 1.54) is 25.9 Å². The molecule has 3 aliphatic rings. The Kier molecular flexibility index (Phi) is 3.12. The minimum Gasteiger partial charge on any atom is -0.333 e. The molecule has 1 atom stereocenters. The maximum absolute atomic E-state index is 12.0. The first kappa shape index (κ1) is 11.5. The molecule has 92 valence electrons. The van der Waals surface area contributed by atoms with E-state index in [1.54, 1.807) is 4.57 Å². The van der Waals surface area contributed by atoms with Crippen LogP contribution in [-0.4, -0.2) is 41.2 Å². The summed E-state index contributed by atoms with van der Waals surface area (Å²) in [4.78, 5) is 14.5. The summed E-state index contributed by atoms with van der Waals surface area (Å²) in [5.74, 6) is 0.679. The van der Waals surface area contributed by atoms with Gasteiger partial charge in [-0.05, 0) is 60.5 Å². The molecule has 4 heterocycles. The standard InChI is InChI=1S/C12H16IN3O/c13-10-3-6-16(7-10)12(17)14-11-8-15-4-1-9(11)2-5-15/h3,6-7,9,11H,1-2,4-5,8H2,(H,14,17)/t11-/m0/s1. The molecule has 0 unspecified atom stereocenters. The maximum Gasteiger partial charge on any atom is 0.325 e. The number of piperidine rings is 3. The molecule has 3 aliphatic heterocycles. The van der Waals surface area contributed by atoms with Gasteiger partial charge in [0.15, 0.2) is 0 Å². The predicted octanol–water partition coefficient (Wildman–Crippen LogP) is 1.74. The molecule has 4 rings (SSSR count). The van der Waals surface area contributed by atoms with E-state index >= 15 is 0 Å². The van der Waals surface area contributed by atoms with Gasteiger partial charge in [-0.15, -0.1) is 0 Å². The Morgan fingerprint density at radius 3 is 2.71 bits per heavy atom. The Morgan fingerprint density at radius 2 is 2.18 bits per heavy atom. The maximum atomic E-state index is 12.0. The SMILES string of the molecule is O=C(N[C@H]1CN2CCC1CC2)n1ccc(I)c1. The Bertz CT molecular complexity index is 423. The van der Waals surface area contributed by atoms with Crippen molar-refractivity contribution in [1.29, 1.82) is 0 Å². The van der Waals surface area contributed by atoms with E-state index in [4.69, 9.17) is 0 Å². The van der Waals surface area contributed by atoms with Gasteiger partial charge in [-0.3, -0.25) is 4.57 Å². The second kappa shape index (κ2) is 4.61. The number of carbonyl (C=O) groups excluding carboxylic acids is 1. The highest BCUT2D eigenvalue weighted by molar-refractivity contribution is 14.1. The number of amides is 1. The van der Waals surface area contributed by atoms with Crippen molar-refractivity contribution in [2.24, 2.45) is 5.92 Å². The zero-order valence-corrected chi connectivity index (χ0v) is 11.8. The molecule has 0 spiro atoms. The number of carbonyl (C=O) groups is 1. The molecule has 1 N–H and O–H groups in total. The molecule has 4 nitrogen and oxygen atoms in total. The van der Waals surface area contributed by atoms with E-state index in [0.29, 0.717) is 12.0 Å². The van der Waals surface area contributed by atoms with Crippen molar-refractivity contribution in [3.05, 3.63) is 22.0 Å². The van der Waals surface area contributed by atoms with Crippen molar-refractivity contribution in [3.8, 4) is 0 Å². The molecule has 3 saturated heterocycles. The Hall–Kier alpha value is -0.560. The van der Waals surface area contributed by atoms with Gasteiger partial charge in [0.1, 0.15) is 0 Å². The highest BCUT2D eigenvalue weighted by Gasteiger charge is 2.34. The van der Waals surface area contributed by atoms with Gasteiger partial charge in [0.25, 0.3) is 0 Å². The zero-order chi connectivity index (χ0) is 11.8. The number of aromatic nitrogens is 1. The van der Waals surface area contributed by atoms with Crippen LogP contribution in [0.4, 0.5) is 4.79 Å². The minimum absolute atomic E-state index is 0.00617. The second-order valence-electron chi connectivity index (χ2n) is 4.93. The molecule has 3 fully saturated rings. The molecule has 1 amide bonds. The number of nitrogens with zero attached hydrogens (tertiary/aromatic N) is 2. The highest BCUT2D eigenvalue weighted by Crippen LogP contribution is 2.27. The molecule has 0 aromatic carbocycles. The van der Waals surface area contributed by atoms with Crippen LogP contribution in [0.1, 0.15) is 12.8 Å². The van der Waals surface area contributed by atoms with E-state index in [-0.39, 0.29) is 6.03 Å². The van der Waals surface area contributed by atoms with Gasteiger partial charge in [-0.1, -0.05) is 0 Å². The molecule has 0 radical (unpaired) electrons. The van der Waals surface area contributed by atoms with Gasteiger partial charge in [-0.2, -0.15) is 0 Å². The van der Waals surface area contributed by atoms with E-state index in [2.05, 4.69) is 32.8 Å². The van der Waals surface area contributed by atoms with Crippen LogP contribution in [0.2, 0.25) is 0 Å². The van der Waals surface area contributed by atoms with Gasteiger partial charge in [0.2, 0.25) is 0 Å². The van der Waals surface area contributed by atoms with Crippen molar-refractivity contribution in [2.45, 2.75) is 18.9 Å². The number of nitrogens with one attached hydrogen (secondary N) is 1. The number of halogens is 1. The summed E-state index contributed by atoms with van der Waals surface area (Å²) in [5.41, 5.74) is 0. The Labute approximate surface area is 114 Å². The largest absolute Gasteiger partial charge is 0.333 e. The third kappa shape index (κ3) is 2.35. The molecule has 5 heteroatoms. The second-order valence-corrected chi connectivity index (χ2v) is 6.18. The molecular weight excluding hydrogens is 329 g/mol. The molecule has 1 aromatic heterocycles. The van der Waals surface area contributed by atoms with Gasteiger partial charge in [0.05, 0.1) is 0 Å². The molecule has 0 saturated carbocycles. The summed E-state index contributed by atoms with van der Waals surface area (Å²) in [6, 6.07) is 2.29. The van der Waals surface area contributed by atoms with Crippen molar-refractivity contribution >= 4 is 28.6 Å². The van der Waals surface area contributed by atoms with Gasteiger partial charge >= 0.3 is 6.03 Å². The lowest BCUT2D eigenvalue weighted by Crippen LogP contribution is -2.57. The van der Waals surface area contributed by atoms with Crippen LogP contribution in [-0.2, 0) is 0 Å². The Morgan fingerprint density at radius 1 is 1.41 bits per heavy atom. The predicted molar refractivity (Wildman–Crippen MR) is 74.0 cm³/mol. The summed E-state index contributed by atoms with van der Waals surface area (Å²) in [6.07, 6.45) is 6.14. The number of fused-ring (bicyclic) bond motifs is 3. The average molecular weight is 345 g/mol. The lowest BCUT2D eigenvalue weighted by molar-refractivity contribution is 0.0767. The summed E-state index contributed by atoms with van der Waals surface area (Å²) in [7, 11) is 0. The molecule has 17 heavy (non-hydrogen) atoms. The molecule has 2 bridgehead atoms. The van der Waals surface area contributed by atoms with Crippen LogP contribution < -0.4 is 5.32 Å². The van der Waals surface area contributed by atoms with Crippen LogP contribution in [0.3, 0.4) is 0 Å². The summed E-state index contributed by atoms with van der Waals surface area (Å²) in [5, 5.41) is 3.16. The lowest BCUT2D eigenvalue weighted by atomic mass is 9.84.